The van der Waals surface area contributed by atoms with E-state index in [2.05, 4.69) is 27.7 Å². The van der Waals surface area contributed by atoms with Crippen molar-refractivity contribution in [2.75, 3.05) is 6.61 Å². The fourth-order valence-corrected chi connectivity index (χ4v) is 5.59. The molecule has 2 rings (SSSR count). The monoisotopic (exact) mass is 280 g/mol. The van der Waals surface area contributed by atoms with Crippen LogP contribution in [0.3, 0.4) is 0 Å². The fraction of sp³-hybridized carbons (Fsp3) is 1.00. The van der Waals surface area contributed by atoms with Crippen molar-refractivity contribution in [3.05, 3.63) is 0 Å². The lowest BCUT2D eigenvalue weighted by Crippen LogP contribution is -2.40. The molecule has 0 aliphatic heterocycles. The minimum atomic E-state index is 0.425. The second kappa shape index (κ2) is 6.81. The van der Waals surface area contributed by atoms with E-state index in [1.54, 1.807) is 0 Å². The Labute approximate surface area is 126 Å². The zero-order chi connectivity index (χ0) is 14.8. The van der Waals surface area contributed by atoms with E-state index in [9.17, 15) is 5.11 Å². The summed E-state index contributed by atoms with van der Waals surface area (Å²) in [6, 6.07) is 0. The lowest BCUT2D eigenvalue weighted by atomic mass is 9.59. The van der Waals surface area contributed by atoms with E-state index in [1.807, 2.05) is 0 Å². The molecule has 118 valence electrons. The van der Waals surface area contributed by atoms with Gasteiger partial charge in [0.15, 0.2) is 0 Å². The summed E-state index contributed by atoms with van der Waals surface area (Å²) in [5, 5.41) is 9.68. The predicted molar refractivity (Wildman–Crippen MR) is 86.6 cm³/mol. The maximum absolute atomic E-state index is 9.68. The molecule has 2 fully saturated rings. The second-order valence-corrected chi connectivity index (χ2v) is 8.43. The summed E-state index contributed by atoms with van der Waals surface area (Å²) in [6.07, 6.45) is 11.0. The average molecular weight is 280 g/mol. The molecule has 1 nitrogen and oxygen atoms in total. The summed E-state index contributed by atoms with van der Waals surface area (Å²) in [5.41, 5.74) is 0.531. The molecular formula is C19H36O. The Kier molecular flexibility index (Phi) is 5.56. The van der Waals surface area contributed by atoms with Crippen LogP contribution in [0.25, 0.3) is 0 Å². The van der Waals surface area contributed by atoms with Crippen molar-refractivity contribution in [1.29, 1.82) is 0 Å². The van der Waals surface area contributed by atoms with Crippen LogP contribution in [0.2, 0.25) is 0 Å². The van der Waals surface area contributed by atoms with E-state index >= 15 is 0 Å². The van der Waals surface area contributed by atoms with Gasteiger partial charge in [0.25, 0.3) is 0 Å². The van der Waals surface area contributed by atoms with Crippen molar-refractivity contribution in [3.8, 4) is 0 Å². The SMILES string of the molecule is CC(C)CCC[C@@H](C)[C@H]1CC[C@H]2[C@H](CO)CCC[C@]12C. The lowest BCUT2D eigenvalue weighted by Gasteiger charge is -2.46. The van der Waals surface area contributed by atoms with Crippen LogP contribution in [0.4, 0.5) is 0 Å². The molecular weight excluding hydrogens is 244 g/mol. The summed E-state index contributed by atoms with van der Waals surface area (Å²) in [4.78, 5) is 0. The first-order valence-electron chi connectivity index (χ1n) is 9.10. The van der Waals surface area contributed by atoms with E-state index < -0.39 is 0 Å². The third kappa shape index (κ3) is 3.24. The van der Waals surface area contributed by atoms with Gasteiger partial charge in [0, 0.05) is 6.61 Å². The molecule has 0 radical (unpaired) electrons. The fourth-order valence-electron chi connectivity index (χ4n) is 5.59. The Morgan fingerprint density at radius 1 is 1.10 bits per heavy atom. The normalized spacial score (nSPS) is 39.0. The molecule has 0 saturated heterocycles. The molecule has 0 heterocycles. The number of aliphatic hydroxyl groups is 1. The number of fused-ring (bicyclic) bond motifs is 1. The smallest absolute Gasteiger partial charge is 0.0462 e. The summed E-state index contributed by atoms with van der Waals surface area (Å²) in [6.45, 7) is 10.2. The van der Waals surface area contributed by atoms with Gasteiger partial charge in [-0.15, -0.1) is 0 Å². The van der Waals surface area contributed by atoms with E-state index in [4.69, 9.17) is 0 Å². The van der Waals surface area contributed by atoms with E-state index in [0.29, 0.717) is 17.9 Å². The molecule has 0 aromatic heterocycles. The Morgan fingerprint density at radius 3 is 2.50 bits per heavy atom. The van der Waals surface area contributed by atoms with Crippen LogP contribution >= 0.6 is 0 Å². The highest BCUT2D eigenvalue weighted by atomic mass is 16.3. The zero-order valence-electron chi connectivity index (χ0n) is 14.2. The first-order chi connectivity index (χ1) is 9.49. The van der Waals surface area contributed by atoms with Crippen molar-refractivity contribution in [1.82, 2.24) is 0 Å². The zero-order valence-corrected chi connectivity index (χ0v) is 14.2. The summed E-state index contributed by atoms with van der Waals surface area (Å²) < 4.78 is 0. The molecule has 0 aromatic carbocycles. The Hall–Kier alpha value is -0.0400. The Morgan fingerprint density at radius 2 is 1.85 bits per heavy atom. The third-order valence-electron chi connectivity index (χ3n) is 6.70. The van der Waals surface area contributed by atoms with Crippen molar-refractivity contribution in [3.63, 3.8) is 0 Å². The van der Waals surface area contributed by atoms with Crippen LogP contribution in [0.15, 0.2) is 0 Å². The molecule has 5 atom stereocenters. The van der Waals surface area contributed by atoms with Crippen molar-refractivity contribution < 1.29 is 5.11 Å². The van der Waals surface area contributed by atoms with E-state index in [1.165, 1.54) is 51.4 Å². The highest BCUT2D eigenvalue weighted by Gasteiger charge is 2.51. The van der Waals surface area contributed by atoms with Crippen LogP contribution in [-0.2, 0) is 0 Å². The van der Waals surface area contributed by atoms with E-state index in [0.717, 1.165) is 23.7 Å². The van der Waals surface area contributed by atoms with Gasteiger partial charge in [-0.25, -0.2) is 0 Å². The topological polar surface area (TPSA) is 20.2 Å². The highest BCUT2D eigenvalue weighted by Crippen LogP contribution is 2.59. The minimum absolute atomic E-state index is 0.425. The van der Waals surface area contributed by atoms with Crippen LogP contribution in [0.1, 0.15) is 79.1 Å². The summed E-state index contributed by atoms with van der Waals surface area (Å²) in [5.74, 6) is 4.04. The first-order valence-corrected chi connectivity index (χ1v) is 9.10. The first kappa shape index (κ1) is 16.3. The number of rotatable bonds is 6. The molecule has 0 aromatic rings. The molecule has 0 unspecified atom stereocenters. The molecule has 20 heavy (non-hydrogen) atoms. The van der Waals surface area contributed by atoms with Gasteiger partial charge in [-0.3, -0.25) is 0 Å². The maximum atomic E-state index is 9.68. The van der Waals surface area contributed by atoms with Crippen LogP contribution in [0.5, 0.6) is 0 Å². The molecule has 0 spiro atoms. The number of hydrogen-bond acceptors (Lipinski definition) is 1. The van der Waals surface area contributed by atoms with Crippen LogP contribution < -0.4 is 0 Å². The van der Waals surface area contributed by atoms with Crippen molar-refractivity contribution >= 4 is 0 Å². The minimum Gasteiger partial charge on any atom is -0.396 e. The largest absolute Gasteiger partial charge is 0.396 e. The molecule has 2 saturated carbocycles. The van der Waals surface area contributed by atoms with Gasteiger partial charge in [-0.2, -0.15) is 0 Å². The maximum Gasteiger partial charge on any atom is 0.0462 e. The molecule has 0 amide bonds. The molecule has 1 N–H and O–H groups in total. The van der Waals surface area contributed by atoms with E-state index in [-0.39, 0.29) is 0 Å². The van der Waals surface area contributed by atoms with Gasteiger partial charge in [0.05, 0.1) is 0 Å². The van der Waals surface area contributed by atoms with Gasteiger partial charge in [0.1, 0.15) is 0 Å². The van der Waals surface area contributed by atoms with Gasteiger partial charge in [0.2, 0.25) is 0 Å². The summed E-state index contributed by atoms with van der Waals surface area (Å²) >= 11 is 0. The molecule has 2 aliphatic carbocycles. The standard InChI is InChI=1S/C19H36O/c1-14(2)7-5-8-15(3)17-10-11-18-16(13-20)9-6-12-19(17,18)4/h14-18,20H,5-13H2,1-4H3/t15-,16+,17-,18+,19-/m1/s1. The van der Waals surface area contributed by atoms with Crippen LogP contribution in [-0.4, -0.2) is 11.7 Å². The van der Waals surface area contributed by atoms with Crippen LogP contribution in [0, 0.1) is 35.0 Å². The average Bonchev–Trinajstić information content (AvgIpc) is 2.75. The van der Waals surface area contributed by atoms with Gasteiger partial charge < -0.3 is 5.11 Å². The molecule has 0 bridgehead atoms. The third-order valence-corrected chi connectivity index (χ3v) is 6.70. The van der Waals surface area contributed by atoms with Crippen molar-refractivity contribution in [2.24, 2.45) is 35.0 Å². The summed E-state index contributed by atoms with van der Waals surface area (Å²) in [7, 11) is 0. The second-order valence-electron chi connectivity index (χ2n) is 8.43. The number of aliphatic hydroxyl groups excluding tert-OH is 1. The quantitative estimate of drug-likeness (QED) is 0.702. The van der Waals surface area contributed by atoms with Gasteiger partial charge in [-0.05, 0) is 60.7 Å². The Bertz CT molecular complexity index is 298. The molecule has 2 aliphatic rings. The Balaban J connectivity index is 1.95. The van der Waals surface area contributed by atoms with Crippen molar-refractivity contribution in [2.45, 2.75) is 79.1 Å². The van der Waals surface area contributed by atoms with Gasteiger partial charge >= 0.3 is 0 Å². The van der Waals surface area contributed by atoms with Gasteiger partial charge in [-0.1, -0.05) is 53.4 Å². The molecule has 1 heteroatoms. The number of hydrogen-bond donors (Lipinski definition) is 1. The predicted octanol–water partition coefficient (Wildman–Crippen LogP) is 5.27. The highest BCUT2D eigenvalue weighted by molar-refractivity contribution is 5.01. The lowest BCUT2D eigenvalue weighted by molar-refractivity contribution is 0.00671.